The Morgan fingerprint density at radius 3 is 2.68 bits per heavy atom. The first kappa shape index (κ1) is 15.0. The summed E-state index contributed by atoms with van der Waals surface area (Å²) in [6, 6.07) is 6.05. The standard InChI is InChI=1S/C14H21N3O2/c1-2-3-4-5-9-16-13(18)11-7-6-8-12(10-11)17-14(15)19/h6-8,10H,2-5,9H2,1H3,(H,16,18)(H3,15,17,19). The highest BCUT2D eigenvalue weighted by molar-refractivity contribution is 5.96. The SMILES string of the molecule is CCCCCCNC(=O)c1cccc(NC(N)=O)c1. The quantitative estimate of drug-likeness (QED) is 0.660. The summed E-state index contributed by atoms with van der Waals surface area (Å²) >= 11 is 0. The van der Waals surface area contributed by atoms with Crippen molar-refractivity contribution in [2.45, 2.75) is 32.6 Å². The molecule has 0 radical (unpaired) electrons. The van der Waals surface area contributed by atoms with Crippen LogP contribution in [0.15, 0.2) is 24.3 Å². The molecule has 0 unspecified atom stereocenters. The van der Waals surface area contributed by atoms with Crippen LogP contribution >= 0.6 is 0 Å². The van der Waals surface area contributed by atoms with E-state index in [9.17, 15) is 9.59 Å². The van der Waals surface area contributed by atoms with Gasteiger partial charge in [0.2, 0.25) is 0 Å². The first-order valence-corrected chi connectivity index (χ1v) is 6.58. The minimum absolute atomic E-state index is 0.135. The lowest BCUT2D eigenvalue weighted by atomic mass is 10.1. The molecule has 4 N–H and O–H groups in total. The second kappa shape index (κ2) is 8.13. The van der Waals surface area contributed by atoms with E-state index in [4.69, 9.17) is 5.73 Å². The van der Waals surface area contributed by atoms with Crippen LogP contribution in [-0.4, -0.2) is 18.5 Å². The number of anilines is 1. The predicted octanol–water partition coefficient (Wildman–Crippen LogP) is 2.49. The first-order valence-electron chi connectivity index (χ1n) is 6.58. The van der Waals surface area contributed by atoms with E-state index in [2.05, 4.69) is 17.6 Å². The van der Waals surface area contributed by atoms with Crippen LogP contribution in [0, 0.1) is 0 Å². The Hall–Kier alpha value is -2.04. The molecule has 0 spiro atoms. The number of benzene rings is 1. The molecule has 0 heterocycles. The number of nitrogens with one attached hydrogen (secondary N) is 2. The summed E-state index contributed by atoms with van der Waals surface area (Å²) in [6.45, 7) is 2.82. The van der Waals surface area contributed by atoms with Crippen molar-refractivity contribution in [1.82, 2.24) is 5.32 Å². The van der Waals surface area contributed by atoms with Crippen LogP contribution in [0.1, 0.15) is 43.0 Å². The van der Waals surface area contributed by atoms with Gasteiger partial charge in [0.25, 0.3) is 5.91 Å². The monoisotopic (exact) mass is 263 g/mol. The molecule has 1 aromatic rings. The molecule has 5 heteroatoms. The fraction of sp³-hybridized carbons (Fsp3) is 0.429. The van der Waals surface area contributed by atoms with Gasteiger partial charge in [0, 0.05) is 17.8 Å². The Kier molecular flexibility index (Phi) is 6.43. The minimum Gasteiger partial charge on any atom is -0.352 e. The van der Waals surface area contributed by atoms with E-state index in [1.165, 1.54) is 12.8 Å². The summed E-state index contributed by atoms with van der Waals surface area (Å²) in [7, 11) is 0. The van der Waals surface area contributed by atoms with E-state index in [1.807, 2.05) is 0 Å². The Bertz CT molecular complexity index is 432. The average Bonchev–Trinajstić information content (AvgIpc) is 2.38. The fourth-order valence-electron chi connectivity index (χ4n) is 1.74. The summed E-state index contributed by atoms with van der Waals surface area (Å²) in [4.78, 5) is 22.6. The number of rotatable bonds is 7. The number of primary amides is 1. The molecule has 0 saturated carbocycles. The molecular formula is C14H21N3O2. The summed E-state index contributed by atoms with van der Waals surface area (Å²) in [5, 5.41) is 5.30. The Morgan fingerprint density at radius 1 is 1.21 bits per heavy atom. The van der Waals surface area contributed by atoms with E-state index in [1.54, 1.807) is 24.3 Å². The zero-order valence-electron chi connectivity index (χ0n) is 11.2. The number of amides is 3. The van der Waals surface area contributed by atoms with E-state index in [-0.39, 0.29) is 5.91 Å². The van der Waals surface area contributed by atoms with Gasteiger partial charge in [-0.3, -0.25) is 4.79 Å². The largest absolute Gasteiger partial charge is 0.352 e. The van der Waals surface area contributed by atoms with Crippen LogP contribution < -0.4 is 16.4 Å². The van der Waals surface area contributed by atoms with Crippen molar-refractivity contribution < 1.29 is 9.59 Å². The normalized spacial score (nSPS) is 9.95. The maximum absolute atomic E-state index is 11.9. The van der Waals surface area contributed by atoms with Crippen LogP contribution in [0.2, 0.25) is 0 Å². The molecule has 0 saturated heterocycles. The van der Waals surface area contributed by atoms with E-state index in [0.717, 1.165) is 12.8 Å². The topological polar surface area (TPSA) is 84.2 Å². The van der Waals surface area contributed by atoms with Gasteiger partial charge < -0.3 is 16.4 Å². The first-order chi connectivity index (χ1) is 9.13. The zero-order valence-corrected chi connectivity index (χ0v) is 11.2. The number of urea groups is 1. The van der Waals surface area contributed by atoms with Crippen LogP contribution in [0.25, 0.3) is 0 Å². The van der Waals surface area contributed by atoms with Gasteiger partial charge in [0.1, 0.15) is 0 Å². The molecule has 0 aromatic heterocycles. The van der Waals surface area contributed by atoms with Gasteiger partial charge >= 0.3 is 6.03 Å². The lowest BCUT2D eigenvalue weighted by Crippen LogP contribution is -2.25. The number of hydrogen-bond donors (Lipinski definition) is 3. The average molecular weight is 263 g/mol. The van der Waals surface area contributed by atoms with Gasteiger partial charge in [0.15, 0.2) is 0 Å². The summed E-state index contributed by atoms with van der Waals surface area (Å²) < 4.78 is 0. The number of nitrogens with two attached hydrogens (primary N) is 1. The smallest absolute Gasteiger partial charge is 0.316 e. The van der Waals surface area contributed by atoms with Gasteiger partial charge in [0.05, 0.1) is 0 Å². The predicted molar refractivity (Wildman–Crippen MR) is 76.1 cm³/mol. The summed E-state index contributed by atoms with van der Waals surface area (Å²) in [5.41, 5.74) is 6.06. The van der Waals surface area contributed by atoms with Crippen molar-refractivity contribution in [1.29, 1.82) is 0 Å². The van der Waals surface area contributed by atoms with Crippen LogP contribution in [-0.2, 0) is 0 Å². The van der Waals surface area contributed by atoms with Crippen molar-refractivity contribution in [3.8, 4) is 0 Å². The van der Waals surface area contributed by atoms with Gasteiger partial charge in [-0.25, -0.2) is 4.79 Å². The number of hydrogen-bond acceptors (Lipinski definition) is 2. The van der Waals surface area contributed by atoms with E-state index >= 15 is 0 Å². The van der Waals surface area contributed by atoms with Gasteiger partial charge in [-0.2, -0.15) is 0 Å². The third kappa shape index (κ3) is 5.90. The molecule has 104 valence electrons. The van der Waals surface area contributed by atoms with E-state index < -0.39 is 6.03 Å². The molecule has 19 heavy (non-hydrogen) atoms. The Morgan fingerprint density at radius 2 is 2.00 bits per heavy atom. The van der Waals surface area contributed by atoms with Crippen molar-refractivity contribution >= 4 is 17.6 Å². The lowest BCUT2D eigenvalue weighted by Gasteiger charge is -2.07. The molecule has 3 amide bonds. The highest BCUT2D eigenvalue weighted by atomic mass is 16.2. The molecule has 0 aliphatic carbocycles. The molecule has 5 nitrogen and oxygen atoms in total. The van der Waals surface area contributed by atoms with Crippen molar-refractivity contribution in [2.75, 3.05) is 11.9 Å². The van der Waals surface area contributed by atoms with Gasteiger partial charge in [-0.15, -0.1) is 0 Å². The Balaban J connectivity index is 2.45. The highest BCUT2D eigenvalue weighted by Gasteiger charge is 2.06. The molecule has 0 fully saturated rings. The molecule has 1 rings (SSSR count). The fourth-order valence-corrected chi connectivity index (χ4v) is 1.74. The maximum atomic E-state index is 11.9. The molecule has 1 aromatic carbocycles. The lowest BCUT2D eigenvalue weighted by molar-refractivity contribution is 0.0953. The molecular weight excluding hydrogens is 242 g/mol. The van der Waals surface area contributed by atoms with Gasteiger partial charge in [-0.05, 0) is 24.6 Å². The number of carbonyl (C=O) groups is 2. The van der Waals surface area contributed by atoms with Crippen LogP contribution in [0.3, 0.4) is 0 Å². The van der Waals surface area contributed by atoms with Crippen LogP contribution in [0.4, 0.5) is 10.5 Å². The molecule has 0 atom stereocenters. The maximum Gasteiger partial charge on any atom is 0.316 e. The van der Waals surface area contributed by atoms with Crippen molar-refractivity contribution in [3.05, 3.63) is 29.8 Å². The Labute approximate surface area is 113 Å². The minimum atomic E-state index is -0.642. The molecule has 0 aliphatic heterocycles. The van der Waals surface area contributed by atoms with E-state index in [0.29, 0.717) is 17.8 Å². The number of carbonyl (C=O) groups excluding carboxylic acids is 2. The van der Waals surface area contributed by atoms with Crippen LogP contribution in [0.5, 0.6) is 0 Å². The summed E-state index contributed by atoms with van der Waals surface area (Å²) in [5.74, 6) is -0.135. The highest BCUT2D eigenvalue weighted by Crippen LogP contribution is 2.10. The molecule has 0 bridgehead atoms. The van der Waals surface area contributed by atoms with Crippen molar-refractivity contribution in [3.63, 3.8) is 0 Å². The molecule has 0 aliphatic rings. The summed E-state index contributed by atoms with van der Waals surface area (Å²) in [6.07, 6.45) is 4.47. The number of unbranched alkanes of at least 4 members (excludes halogenated alkanes) is 3. The van der Waals surface area contributed by atoms with Gasteiger partial charge in [-0.1, -0.05) is 32.3 Å². The third-order valence-electron chi connectivity index (χ3n) is 2.71. The second-order valence-electron chi connectivity index (χ2n) is 4.39. The third-order valence-corrected chi connectivity index (χ3v) is 2.71. The zero-order chi connectivity index (χ0) is 14.1. The van der Waals surface area contributed by atoms with Crippen molar-refractivity contribution in [2.24, 2.45) is 5.73 Å². The second-order valence-corrected chi connectivity index (χ2v) is 4.39.